The van der Waals surface area contributed by atoms with E-state index in [1.807, 2.05) is 18.2 Å². The summed E-state index contributed by atoms with van der Waals surface area (Å²) in [5.74, 6) is 0. The molecular weight excluding hydrogens is 363 g/mol. The van der Waals surface area contributed by atoms with Crippen LogP contribution in [0.4, 0.5) is 0 Å². The highest BCUT2D eigenvalue weighted by molar-refractivity contribution is 9.09. The minimum absolute atomic E-state index is 0.0369. The molecule has 0 radical (unpaired) electrons. The van der Waals surface area contributed by atoms with Gasteiger partial charge in [-0.1, -0.05) is 66.0 Å². The lowest BCUT2D eigenvalue weighted by Crippen LogP contribution is -2.07. The highest BCUT2D eigenvalue weighted by Gasteiger charge is 2.22. The summed E-state index contributed by atoms with van der Waals surface area (Å²) in [6.45, 7) is 6.65. The molecule has 4 heteroatoms. The molecule has 0 saturated carbocycles. The van der Waals surface area contributed by atoms with Crippen molar-refractivity contribution in [3.63, 3.8) is 0 Å². The van der Waals surface area contributed by atoms with Gasteiger partial charge in [0.2, 0.25) is 0 Å². The molecule has 102 valence electrons. The first-order valence-electron chi connectivity index (χ1n) is 5.99. The van der Waals surface area contributed by atoms with Crippen LogP contribution < -0.4 is 0 Å². The van der Waals surface area contributed by atoms with Crippen molar-refractivity contribution in [2.75, 3.05) is 0 Å². The summed E-state index contributed by atoms with van der Waals surface area (Å²) >= 11 is 18.0. The van der Waals surface area contributed by atoms with Crippen LogP contribution in [0.2, 0.25) is 10.0 Å². The van der Waals surface area contributed by atoms with Gasteiger partial charge in [0.15, 0.2) is 0 Å². The highest BCUT2D eigenvalue weighted by atomic mass is 79.9. The molecule has 1 aromatic carbocycles. The fraction of sp³-hybridized carbons (Fsp3) is 0.333. The summed E-state index contributed by atoms with van der Waals surface area (Å²) in [5, 5.41) is 1.39. The maximum Gasteiger partial charge on any atom is 0.0767 e. The van der Waals surface area contributed by atoms with E-state index in [0.717, 1.165) is 5.56 Å². The Morgan fingerprint density at radius 1 is 1.05 bits per heavy atom. The van der Waals surface area contributed by atoms with E-state index in [2.05, 4.69) is 48.8 Å². The Kier molecular flexibility index (Phi) is 4.67. The fourth-order valence-corrected chi connectivity index (χ4v) is 4.65. The van der Waals surface area contributed by atoms with Gasteiger partial charge >= 0.3 is 0 Å². The number of alkyl halides is 1. The molecule has 0 spiro atoms. The van der Waals surface area contributed by atoms with Gasteiger partial charge in [-0.2, -0.15) is 0 Å². The quantitative estimate of drug-likeness (QED) is 0.502. The van der Waals surface area contributed by atoms with E-state index in [0.29, 0.717) is 10.0 Å². The molecule has 2 aromatic rings. The fourth-order valence-electron chi connectivity index (χ4n) is 1.79. The summed E-state index contributed by atoms with van der Waals surface area (Å²) in [4.78, 5) is 2.62. The lowest BCUT2D eigenvalue weighted by Gasteiger charge is -2.16. The number of thiophene rings is 1. The third-order valence-electron chi connectivity index (χ3n) is 2.87. The number of benzene rings is 1. The smallest absolute Gasteiger partial charge is 0.0767 e. The Labute approximate surface area is 136 Å². The van der Waals surface area contributed by atoms with Gasteiger partial charge in [0, 0.05) is 25.4 Å². The average Bonchev–Trinajstić information content (AvgIpc) is 2.77. The third-order valence-corrected chi connectivity index (χ3v) is 6.36. The first kappa shape index (κ1) is 15.4. The van der Waals surface area contributed by atoms with E-state index in [-0.39, 0.29) is 10.2 Å². The summed E-state index contributed by atoms with van der Waals surface area (Å²) in [7, 11) is 0. The predicted octanol–water partition coefficient (Wildman–Crippen LogP) is 6.84. The largest absolute Gasteiger partial charge is 0.143 e. The minimum Gasteiger partial charge on any atom is -0.143 e. The van der Waals surface area contributed by atoms with Crippen molar-refractivity contribution in [2.24, 2.45) is 0 Å². The molecular formula is C15H15BrCl2S. The Morgan fingerprint density at radius 2 is 1.63 bits per heavy atom. The van der Waals surface area contributed by atoms with Gasteiger partial charge < -0.3 is 0 Å². The molecule has 0 saturated heterocycles. The molecule has 0 N–H and O–H groups in total. The topological polar surface area (TPSA) is 0 Å². The van der Waals surface area contributed by atoms with Crippen molar-refractivity contribution in [3.05, 3.63) is 55.7 Å². The molecule has 0 nitrogen and oxygen atoms in total. The van der Waals surface area contributed by atoms with Crippen LogP contribution >= 0.6 is 50.5 Å². The van der Waals surface area contributed by atoms with Crippen LogP contribution in [-0.2, 0) is 5.41 Å². The molecule has 0 aliphatic heterocycles. The number of halogens is 3. The Hall–Kier alpha value is -0.0200. The van der Waals surface area contributed by atoms with Gasteiger partial charge in [0.1, 0.15) is 0 Å². The summed E-state index contributed by atoms with van der Waals surface area (Å²) in [5.41, 5.74) is 1.10. The highest BCUT2D eigenvalue weighted by Crippen LogP contribution is 2.43. The van der Waals surface area contributed by atoms with E-state index >= 15 is 0 Å². The van der Waals surface area contributed by atoms with E-state index in [1.165, 1.54) is 9.75 Å². The molecule has 0 bridgehead atoms. The predicted molar refractivity (Wildman–Crippen MR) is 90.3 cm³/mol. The lowest BCUT2D eigenvalue weighted by atomic mass is 9.95. The molecule has 1 unspecified atom stereocenters. The maximum atomic E-state index is 6.26. The summed E-state index contributed by atoms with van der Waals surface area (Å²) < 4.78 is 0. The van der Waals surface area contributed by atoms with E-state index < -0.39 is 0 Å². The van der Waals surface area contributed by atoms with Crippen molar-refractivity contribution in [1.29, 1.82) is 0 Å². The molecule has 19 heavy (non-hydrogen) atoms. The first-order chi connectivity index (χ1) is 8.80. The zero-order chi connectivity index (χ0) is 14.2. The van der Waals surface area contributed by atoms with Gasteiger partial charge in [-0.15, -0.1) is 11.3 Å². The zero-order valence-corrected chi connectivity index (χ0v) is 14.9. The van der Waals surface area contributed by atoms with Crippen LogP contribution in [0.1, 0.15) is 40.9 Å². The summed E-state index contributed by atoms with van der Waals surface area (Å²) in [6, 6.07) is 9.93. The molecule has 2 rings (SSSR count). The van der Waals surface area contributed by atoms with Crippen molar-refractivity contribution < 1.29 is 0 Å². The Bertz CT molecular complexity index is 564. The van der Waals surface area contributed by atoms with Gasteiger partial charge in [-0.3, -0.25) is 0 Å². The molecule has 0 fully saturated rings. The van der Waals surface area contributed by atoms with Crippen LogP contribution in [0.5, 0.6) is 0 Å². The van der Waals surface area contributed by atoms with Gasteiger partial charge in [0.25, 0.3) is 0 Å². The second-order valence-corrected chi connectivity index (χ2v) is 8.30. The number of hydrogen-bond acceptors (Lipinski definition) is 1. The van der Waals surface area contributed by atoms with Crippen LogP contribution in [0, 0.1) is 0 Å². The second kappa shape index (κ2) is 5.77. The molecule has 0 amide bonds. The van der Waals surface area contributed by atoms with Gasteiger partial charge in [-0.05, 0) is 29.7 Å². The third kappa shape index (κ3) is 3.36. The molecule has 1 atom stereocenters. The lowest BCUT2D eigenvalue weighted by molar-refractivity contribution is 0.604. The van der Waals surface area contributed by atoms with Gasteiger partial charge in [0.05, 0.1) is 4.83 Å². The number of rotatable bonds is 2. The maximum absolute atomic E-state index is 6.26. The van der Waals surface area contributed by atoms with Crippen LogP contribution in [0.15, 0.2) is 30.3 Å². The molecule has 1 heterocycles. The van der Waals surface area contributed by atoms with Gasteiger partial charge in [-0.25, -0.2) is 0 Å². The SMILES string of the molecule is CC(C)(C)c1ccc(C(Br)c2c(Cl)cccc2Cl)s1. The monoisotopic (exact) mass is 376 g/mol. The van der Waals surface area contributed by atoms with Crippen LogP contribution in [-0.4, -0.2) is 0 Å². The average molecular weight is 378 g/mol. The standard InChI is InChI=1S/C15H15BrCl2S/c1-15(2,3)12-8-7-11(19-12)14(16)13-9(17)5-4-6-10(13)18/h4-8,14H,1-3H3. The van der Waals surface area contributed by atoms with Crippen LogP contribution in [0.25, 0.3) is 0 Å². The van der Waals surface area contributed by atoms with Crippen LogP contribution in [0.3, 0.4) is 0 Å². The summed E-state index contributed by atoms with van der Waals surface area (Å²) in [6.07, 6.45) is 0. The molecule has 0 aliphatic carbocycles. The zero-order valence-electron chi connectivity index (χ0n) is 11.0. The van der Waals surface area contributed by atoms with Crippen molar-refractivity contribution in [3.8, 4) is 0 Å². The number of hydrogen-bond donors (Lipinski definition) is 0. The van der Waals surface area contributed by atoms with Crippen molar-refractivity contribution >= 4 is 50.5 Å². The molecule has 1 aromatic heterocycles. The Balaban J connectivity index is 2.40. The minimum atomic E-state index is 0.0369. The first-order valence-corrected chi connectivity index (χ1v) is 8.47. The normalized spacial score (nSPS) is 13.6. The van der Waals surface area contributed by atoms with Crippen molar-refractivity contribution in [1.82, 2.24) is 0 Å². The van der Waals surface area contributed by atoms with Crippen molar-refractivity contribution in [2.45, 2.75) is 31.0 Å². The van der Waals surface area contributed by atoms with E-state index in [9.17, 15) is 0 Å². The Morgan fingerprint density at radius 3 is 2.11 bits per heavy atom. The van der Waals surface area contributed by atoms with E-state index in [4.69, 9.17) is 23.2 Å². The molecule has 0 aliphatic rings. The van der Waals surface area contributed by atoms with E-state index in [1.54, 1.807) is 11.3 Å². The second-order valence-electron chi connectivity index (χ2n) is 5.45.